The fourth-order valence-electron chi connectivity index (χ4n) is 4.08. The first-order valence-electron chi connectivity index (χ1n) is 10.1. The van der Waals surface area contributed by atoms with E-state index in [1.165, 1.54) is 0 Å². The number of hydrogen-bond donors (Lipinski definition) is 1. The van der Waals surface area contributed by atoms with Gasteiger partial charge in [0.2, 0.25) is 0 Å². The van der Waals surface area contributed by atoms with Gasteiger partial charge in [-0.25, -0.2) is 0 Å². The van der Waals surface area contributed by atoms with E-state index in [4.69, 9.17) is 0 Å². The summed E-state index contributed by atoms with van der Waals surface area (Å²) in [6.07, 6.45) is 3.55. The molecule has 1 aromatic carbocycles. The molecule has 0 atom stereocenters. The molecular weight excluding hydrogens is 378 g/mol. The zero-order valence-corrected chi connectivity index (χ0v) is 16.4. The van der Waals surface area contributed by atoms with Crippen molar-refractivity contribution < 1.29 is 4.79 Å². The summed E-state index contributed by atoms with van der Waals surface area (Å²) in [6.45, 7) is 1.18. The second-order valence-electron chi connectivity index (χ2n) is 7.53. The molecule has 4 heterocycles. The van der Waals surface area contributed by atoms with Gasteiger partial charge in [-0.1, -0.05) is 36.4 Å². The van der Waals surface area contributed by atoms with Crippen LogP contribution in [0.2, 0.25) is 0 Å². The van der Waals surface area contributed by atoms with E-state index in [0.29, 0.717) is 18.8 Å². The Kier molecular flexibility index (Phi) is 4.63. The molecule has 0 spiro atoms. The molecule has 1 aliphatic heterocycles. The highest BCUT2D eigenvalue weighted by atomic mass is 16.2. The molecule has 1 amide bonds. The van der Waals surface area contributed by atoms with Crippen LogP contribution in [-0.4, -0.2) is 43.5 Å². The molecule has 5 rings (SSSR count). The van der Waals surface area contributed by atoms with Crippen molar-refractivity contribution in [2.45, 2.75) is 18.8 Å². The van der Waals surface area contributed by atoms with Crippen molar-refractivity contribution in [1.29, 1.82) is 0 Å². The number of H-pyrrole nitrogens is 1. The normalized spacial score (nSPS) is 14.9. The highest BCUT2D eigenvalue weighted by Gasteiger charge is 2.28. The maximum atomic E-state index is 12.9. The maximum absolute atomic E-state index is 12.9. The summed E-state index contributed by atoms with van der Waals surface area (Å²) in [7, 11) is 0. The lowest BCUT2D eigenvalue weighted by atomic mass is 9.95. The number of hydrogen-bond acceptors (Lipinski definition) is 4. The van der Waals surface area contributed by atoms with Crippen LogP contribution in [0.1, 0.15) is 34.9 Å². The van der Waals surface area contributed by atoms with Crippen LogP contribution in [0.15, 0.2) is 71.7 Å². The average molecular weight is 399 g/mol. The molecule has 150 valence electrons. The van der Waals surface area contributed by atoms with Crippen LogP contribution < -0.4 is 5.56 Å². The van der Waals surface area contributed by atoms with E-state index in [1.54, 1.807) is 17.0 Å². The van der Waals surface area contributed by atoms with E-state index >= 15 is 0 Å². The summed E-state index contributed by atoms with van der Waals surface area (Å²) < 4.78 is 2.01. The minimum atomic E-state index is -0.355. The molecule has 1 fully saturated rings. The molecule has 4 aromatic rings. The van der Waals surface area contributed by atoms with Crippen molar-refractivity contribution in [1.82, 2.24) is 24.5 Å². The molecule has 30 heavy (non-hydrogen) atoms. The lowest BCUT2D eigenvalue weighted by molar-refractivity contribution is 0.0709. The first kappa shape index (κ1) is 18.3. The van der Waals surface area contributed by atoms with Crippen LogP contribution >= 0.6 is 0 Å². The van der Waals surface area contributed by atoms with Crippen molar-refractivity contribution >= 4 is 11.6 Å². The number of likely N-dealkylation sites (tertiary alicyclic amines) is 1. The maximum Gasteiger partial charge on any atom is 0.261 e. The molecule has 1 N–H and O–H groups in total. The Morgan fingerprint density at radius 1 is 0.933 bits per heavy atom. The van der Waals surface area contributed by atoms with Gasteiger partial charge >= 0.3 is 0 Å². The summed E-state index contributed by atoms with van der Waals surface area (Å²) in [5.74, 6) is 0.952. The Bertz CT molecular complexity index is 1250. The number of amides is 1. The third kappa shape index (κ3) is 3.28. The van der Waals surface area contributed by atoms with Gasteiger partial charge in [0.25, 0.3) is 11.5 Å². The zero-order valence-electron chi connectivity index (χ0n) is 16.4. The van der Waals surface area contributed by atoms with Gasteiger partial charge in [0.05, 0.1) is 0 Å². The van der Waals surface area contributed by atoms with E-state index in [1.807, 2.05) is 59.1 Å². The summed E-state index contributed by atoms with van der Waals surface area (Å²) in [4.78, 5) is 30.1. The van der Waals surface area contributed by atoms with Crippen molar-refractivity contribution in [3.8, 4) is 11.3 Å². The third-order valence-electron chi connectivity index (χ3n) is 5.71. The molecule has 0 bridgehead atoms. The third-order valence-corrected chi connectivity index (χ3v) is 5.71. The Labute approximate surface area is 173 Å². The number of carbonyl (C=O) groups is 1. The number of nitrogens with zero attached hydrogens (tertiary/aromatic N) is 4. The van der Waals surface area contributed by atoms with Crippen LogP contribution in [0.4, 0.5) is 0 Å². The van der Waals surface area contributed by atoms with Crippen LogP contribution in [-0.2, 0) is 0 Å². The predicted molar refractivity (Wildman–Crippen MR) is 113 cm³/mol. The van der Waals surface area contributed by atoms with Crippen LogP contribution in [0, 0.1) is 0 Å². The van der Waals surface area contributed by atoms with Gasteiger partial charge in [-0.05, 0) is 42.7 Å². The van der Waals surface area contributed by atoms with Crippen molar-refractivity contribution in [3.63, 3.8) is 0 Å². The quantitative estimate of drug-likeness (QED) is 0.574. The SMILES string of the molecule is O=C(c1ccc(-c2ccccc2)[nH]c1=O)N1CCC(c2nnc3ccccn23)CC1. The van der Waals surface area contributed by atoms with Crippen LogP contribution in [0.3, 0.4) is 0 Å². The van der Waals surface area contributed by atoms with Gasteiger partial charge in [0.1, 0.15) is 11.4 Å². The van der Waals surface area contributed by atoms with E-state index < -0.39 is 0 Å². The molecule has 1 aliphatic rings. The molecule has 7 heteroatoms. The Hall–Kier alpha value is -3.74. The first-order chi connectivity index (χ1) is 14.7. The molecule has 1 saturated heterocycles. The van der Waals surface area contributed by atoms with E-state index in [0.717, 1.165) is 29.9 Å². The molecule has 0 radical (unpaired) electrons. The van der Waals surface area contributed by atoms with Crippen molar-refractivity contribution in [2.75, 3.05) is 13.1 Å². The Balaban J connectivity index is 1.31. The summed E-state index contributed by atoms with van der Waals surface area (Å²) in [5, 5.41) is 8.58. The van der Waals surface area contributed by atoms with E-state index in [9.17, 15) is 9.59 Å². The fraction of sp³-hybridized carbons (Fsp3) is 0.217. The van der Waals surface area contributed by atoms with Gasteiger partial charge in [-0.3, -0.25) is 14.0 Å². The lowest BCUT2D eigenvalue weighted by Crippen LogP contribution is -2.40. The number of aromatic amines is 1. The molecule has 0 unspecified atom stereocenters. The zero-order chi connectivity index (χ0) is 20.5. The monoisotopic (exact) mass is 399 g/mol. The van der Waals surface area contributed by atoms with Gasteiger partial charge in [-0.15, -0.1) is 10.2 Å². The fourth-order valence-corrected chi connectivity index (χ4v) is 4.08. The second-order valence-corrected chi connectivity index (χ2v) is 7.53. The molecule has 3 aromatic heterocycles. The largest absolute Gasteiger partial charge is 0.338 e. The number of piperidine rings is 1. The second kappa shape index (κ2) is 7.59. The van der Waals surface area contributed by atoms with Gasteiger partial charge in [-0.2, -0.15) is 0 Å². The van der Waals surface area contributed by atoms with Crippen LogP contribution in [0.25, 0.3) is 16.9 Å². The highest BCUT2D eigenvalue weighted by Crippen LogP contribution is 2.27. The molecular formula is C23H21N5O2. The number of carbonyl (C=O) groups excluding carboxylic acids is 1. The molecule has 0 saturated carbocycles. The Morgan fingerprint density at radius 2 is 1.70 bits per heavy atom. The van der Waals surface area contributed by atoms with Gasteiger partial charge in [0.15, 0.2) is 5.65 Å². The summed E-state index contributed by atoms with van der Waals surface area (Å²) in [6, 6.07) is 18.8. The average Bonchev–Trinajstić information content (AvgIpc) is 3.23. The summed E-state index contributed by atoms with van der Waals surface area (Å²) in [5.41, 5.74) is 2.27. The number of fused-ring (bicyclic) bond motifs is 1. The standard InChI is InChI=1S/C23H21N5O2/c29-22-18(9-10-19(24-22)16-6-2-1-3-7-16)23(30)27-14-11-17(12-15-27)21-26-25-20-8-4-5-13-28(20)21/h1-10,13,17H,11-12,14-15H2,(H,24,29). The van der Waals surface area contributed by atoms with E-state index in [-0.39, 0.29) is 22.9 Å². The van der Waals surface area contributed by atoms with Gasteiger partial charge < -0.3 is 9.88 Å². The van der Waals surface area contributed by atoms with Gasteiger partial charge in [0, 0.05) is 30.9 Å². The number of benzene rings is 1. The summed E-state index contributed by atoms with van der Waals surface area (Å²) >= 11 is 0. The molecule has 0 aliphatic carbocycles. The van der Waals surface area contributed by atoms with Crippen LogP contribution in [0.5, 0.6) is 0 Å². The van der Waals surface area contributed by atoms with Crippen molar-refractivity contribution in [3.05, 3.63) is 88.6 Å². The Morgan fingerprint density at radius 3 is 2.47 bits per heavy atom. The number of nitrogens with one attached hydrogen (secondary N) is 1. The number of aromatic nitrogens is 4. The number of pyridine rings is 2. The minimum absolute atomic E-state index is 0.182. The smallest absolute Gasteiger partial charge is 0.261 e. The highest BCUT2D eigenvalue weighted by molar-refractivity contribution is 5.94. The molecule has 7 nitrogen and oxygen atoms in total. The van der Waals surface area contributed by atoms with Crippen molar-refractivity contribution in [2.24, 2.45) is 0 Å². The first-order valence-corrected chi connectivity index (χ1v) is 10.1. The number of rotatable bonds is 3. The minimum Gasteiger partial charge on any atom is -0.338 e. The topological polar surface area (TPSA) is 83.4 Å². The lowest BCUT2D eigenvalue weighted by Gasteiger charge is -2.31. The predicted octanol–water partition coefficient (Wildman–Crippen LogP) is 3.10. The van der Waals surface area contributed by atoms with E-state index in [2.05, 4.69) is 15.2 Å².